The van der Waals surface area contributed by atoms with E-state index in [0.29, 0.717) is 39.3 Å². The minimum absolute atomic E-state index is 0.0616. The fourth-order valence-corrected chi connectivity index (χ4v) is 3.25. The Bertz CT molecular complexity index is 494. The van der Waals surface area contributed by atoms with Crippen molar-refractivity contribution in [3.8, 4) is 0 Å². The van der Waals surface area contributed by atoms with Crippen LogP contribution < -0.4 is 5.32 Å². The van der Waals surface area contributed by atoms with Crippen molar-refractivity contribution in [2.45, 2.75) is 32.2 Å². The average molecular weight is 337 g/mol. The average Bonchev–Trinajstić information content (AvgIpc) is 2.59. The molecule has 2 aliphatic heterocycles. The van der Waals surface area contributed by atoms with E-state index in [9.17, 15) is 14.4 Å². The number of hydrogen-bond donors (Lipinski definition) is 1. The molecule has 2 aliphatic rings. The molecule has 0 aromatic heterocycles. The second kappa shape index (κ2) is 8.82. The van der Waals surface area contributed by atoms with E-state index in [1.54, 1.807) is 22.8 Å². The van der Waals surface area contributed by atoms with Gasteiger partial charge in [-0.25, -0.2) is 0 Å². The number of esters is 1. The molecule has 0 saturated carbocycles. The highest BCUT2D eigenvalue weighted by atomic mass is 16.5. The molecule has 0 bridgehead atoms. The van der Waals surface area contributed by atoms with Gasteiger partial charge in [-0.15, -0.1) is 6.58 Å². The number of carbonyl (C=O) groups is 3. The zero-order chi connectivity index (χ0) is 17.5. The van der Waals surface area contributed by atoms with E-state index in [1.165, 1.54) is 0 Å². The van der Waals surface area contributed by atoms with Crippen molar-refractivity contribution in [1.29, 1.82) is 0 Å². The molecule has 2 heterocycles. The number of piperidine rings is 1. The number of nitrogens with zero attached hydrogens (tertiary/aromatic N) is 2. The number of amides is 2. The summed E-state index contributed by atoms with van der Waals surface area (Å²) in [5.74, 6) is -0.641. The van der Waals surface area contributed by atoms with Crippen molar-refractivity contribution in [2.24, 2.45) is 5.92 Å². The molecule has 2 atom stereocenters. The Labute approximate surface area is 143 Å². The predicted molar refractivity (Wildman–Crippen MR) is 89.1 cm³/mol. The van der Waals surface area contributed by atoms with Gasteiger partial charge in [0.2, 0.25) is 11.8 Å². The van der Waals surface area contributed by atoms with Crippen molar-refractivity contribution in [3.05, 3.63) is 12.7 Å². The fraction of sp³-hybridized carbons (Fsp3) is 0.706. The first-order valence-corrected chi connectivity index (χ1v) is 8.64. The maximum Gasteiger partial charge on any atom is 0.310 e. The van der Waals surface area contributed by atoms with Crippen molar-refractivity contribution < 1.29 is 19.1 Å². The maximum absolute atomic E-state index is 12.5. The lowest BCUT2D eigenvalue weighted by Crippen LogP contribution is -2.56. The third-order valence-electron chi connectivity index (χ3n) is 4.50. The van der Waals surface area contributed by atoms with Crippen LogP contribution in [0.15, 0.2) is 12.7 Å². The van der Waals surface area contributed by atoms with E-state index in [2.05, 4.69) is 11.9 Å². The Morgan fingerprint density at radius 2 is 2.21 bits per heavy atom. The van der Waals surface area contributed by atoms with Crippen LogP contribution in [-0.4, -0.2) is 73.0 Å². The van der Waals surface area contributed by atoms with Crippen molar-refractivity contribution >= 4 is 17.8 Å². The van der Waals surface area contributed by atoms with Crippen LogP contribution in [0.3, 0.4) is 0 Å². The minimum atomic E-state index is -0.492. The molecule has 2 fully saturated rings. The zero-order valence-corrected chi connectivity index (χ0v) is 14.3. The largest absolute Gasteiger partial charge is 0.466 e. The quantitative estimate of drug-likeness (QED) is 0.552. The van der Waals surface area contributed by atoms with Gasteiger partial charge in [-0.3, -0.25) is 14.4 Å². The molecule has 0 radical (unpaired) electrons. The first-order valence-electron chi connectivity index (χ1n) is 8.64. The molecule has 7 nitrogen and oxygen atoms in total. The van der Waals surface area contributed by atoms with E-state index < -0.39 is 6.04 Å². The Morgan fingerprint density at radius 1 is 1.42 bits per heavy atom. The second-order valence-electron chi connectivity index (χ2n) is 6.21. The monoisotopic (exact) mass is 337 g/mol. The van der Waals surface area contributed by atoms with Gasteiger partial charge in [0.25, 0.3) is 0 Å². The number of carbonyl (C=O) groups excluding carboxylic acids is 3. The SMILES string of the molecule is C=CCN1CCNC(CC(=O)N2CCCC(C(=O)OCC)C2)C1=O. The van der Waals surface area contributed by atoms with Gasteiger partial charge in [-0.2, -0.15) is 0 Å². The van der Waals surface area contributed by atoms with Crippen molar-refractivity contribution in [2.75, 3.05) is 39.3 Å². The van der Waals surface area contributed by atoms with Crippen LogP contribution in [0.1, 0.15) is 26.2 Å². The predicted octanol–water partition coefficient (Wildman–Crippen LogP) is 0.165. The highest BCUT2D eigenvalue weighted by Gasteiger charge is 2.33. The Hall–Kier alpha value is -1.89. The fourth-order valence-electron chi connectivity index (χ4n) is 3.25. The van der Waals surface area contributed by atoms with Gasteiger partial charge in [0, 0.05) is 32.7 Å². The zero-order valence-electron chi connectivity index (χ0n) is 14.3. The van der Waals surface area contributed by atoms with Gasteiger partial charge in [-0.1, -0.05) is 6.08 Å². The lowest BCUT2D eigenvalue weighted by molar-refractivity contribution is -0.152. The molecular formula is C17H27N3O4. The first-order chi connectivity index (χ1) is 11.6. The number of likely N-dealkylation sites (tertiary alicyclic amines) is 1. The summed E-state index contributed by atoms with van der Waals surface area (Å²) in [5.41, 5.74) is 0. The van der Waals surface area contributed by atoms with Crippen molar-refractivity contribution in [1.82, 2.24) is 15.1 Å². The summed E-state index contributed by atoms with van der Waals surface area (Å²) < 4.78 is 5.06. The van der Waals surface area contributed by atoms with E-state index in [4.69, 9.17) is 4.74 Å². The van der Waals surface area contributed by atoms with Crippen LogP contribution in [0.25, 0.3) is 0 Å². The molecule has 134 valence electrons. The van der Waals surface area contributed by atoms with E-state index >= 15 is 0 Å². The molecule has 0 spiro atoms. The second-order valence-corrected chi connectivity index (χ2v) is 6.21. The normalized spacial score (nSPS) is 24.6. The number of hydrogen-bond acceptors (Lipinski definition) is 5. The molecule has 1 N–H and O–H groups in total. The summed E-state index contributed by atoms with van der Waals surface area (Å²) in [5, 5.41) is 3.12. The van der Waals surface area contributed by atoms with E-state index in [-0.39, 0.29) is 30.1 Å². The molecule has 2 rings (SSSR count). The summed E-state index contributed by atoms with van der Waals surface area (Å²) in [6.07, 6.45) is 3.35. The summed E-state index contributed by atoms with van der Waals surface area (Å²) in [7, 11) is 0. The molecular weight excluding hydrogens is 310 g/mol. The third-order valence-corrected chi connectivity index (χ3v) is 4.50. The maximum atomic E-state index is 12.5. The van der Waals surface area contributed by atoms with Gasteiger partial charge < -0.3 is 19.9 Å². The minimum Gasteiger partial charge on any atom is -0.466 e. The Kier molecular flexibility index (Phi) is 6.78. The molecule has 0 aromatic rings. The lowest BCUT2D eigenvalue weighted by Gasteiger charge is -2.35. The molecule has 2 saturated heterocycles. The summed E-state index contributed by atoms with van der Waals surface area (Å²) in [6.45, 7) is 8.60. The molecule has 2 unspecified atom stereocenters. The van der Waals surface area contributed by atoms with Crippen LogP contribution in [-0.2, 0) is 19.1 Å². The number of piperazine rings is 1. The standard InChI is InChI=1S/C17H27N3O4/c1-3-8-19-10-7-18-14(16(19)22)11-15(21)20-9-5-6-13(12-20)17(23)24-4-2/h3,13-14,18H,1,4-12H2,2H3. The lowest BCUT2D eigenvalue weighted by atomic mass is 9.97. The van der Waals surface area contributed by atoms with Gasteiger partial charge in [0.1, 0.15) is 0 Å². The number of nitrogens with one attached hydrogen (secondary N) is 1. The molecule has 24 heavy (non-hydrogen) atoms. The summed E-state index contributed by atoms with van der Waals surface area (Å²) >= 11 is 0. The summed E-state index contributed by atoms with van der Waals surface area (Å²) in [4.78, 5) is 40.2. The topological polar surface area (TPSA) is 79.0 Å². The van der Waals surface area contributed by atoms with Gasteiger partial charge in [0.15, 0.2) is 0 Å². The van der Waals surface area contributed by atoms with Crippen molar-refractivity contribution in [3.63, 3.8) is 0 Å². The van der Waals surface area contributed by atoms with Crippen LogP contribution in [0.5, 0.6) is 0 Å². The third kappa shape index (κ3) is 4.56. The molecule has 2 amide bonds. The molecule has 0 aromatic carbocycles. The van der Waals surface area contributed by atoms with Crippen LogP contribution >= 0.6 is 0 Å². The van der Waals surface area contributed by atoms with Crippen LogP contribution in [0.4, 0.5) is 0 Å². The Morgan fingerprint density at radius 3 is 2.92 bits per heavy atom. The Balaban J connectivity index is 1.90. The number of ether oxygens (including phenoxy) is 1. The molecule has 7 heteroatoms. The smallest absolute Gasteiger partial charge is 0.310 e. The van der Waals surface area contributed by atoms with E-state index in [1.807, 2.05) is 0 Å². The van der Waals surface area contributed by atoms with Crippen LogP contribution in [0, 0.1) is 5.92 Å². The molecule has 0 aliphatic carbocycles. The van der Waals surface area contributed by atoms with E-state index in [0.717, 1.165) is 12.8 Å². The van der Waals surface area contributed by atoms with Gasteiger partial charge in [0.05, 0.1) is 25.0 Å². The highest BCUT2D eigenvalue weighted by Crippen LogP contribution is 2.19. The number of rotatable bonds is 6. The van der Waals surface area contributed by atoms with Gasteiger partial charge in [-0.05, 0) is 19.8 Å². The highest BCUT2D eigenvalue weighted by molar-refractivity contribution is 5.89. The van der Waals surface area contributed by atoms with Crippen LogP contribution in [0.2, 0.25) is 0 Å². The first kappa shape index (κ1) is 18.4. The summed E-state index contributed by atoms with van der Waals surface area (Å²) in [6, 6.07) is -0.492. The van der Waals surface area contributed by atoms with Gasteiger partial charge >= 0.3 is 5.97 Å².